The minimum absolute atomic E-state index is 0.648. The Morgan fingerprint density at radius 2 is 2.25 bits per heavy atom. The van der Waals surface area contributed by atoms with Crippen molar-refractivity contribution in [2.75, 3.05) is 12.0 Å². The van der Waals surface area contributed by atoms with Crippen LogP contribution in [0, 0.1) is 5.92 Å². The third-order valence-electron chi connectivity index (χ3n) is 3.18. The van der Waals surface area contributed by atoms with E-state index < -0.39 is 0 Å². The number of nitrogens with one attached hydrogen (secondary N) is 1. The first-order valence-electron chi connectivity index (χ1n) is 5.72. The van der Waals surface area contributed by atoms with Gasteiger partial charge in [-0.25, -0.2) is 5.84 Å². The maximum absolute atomic E-state index is 5.29. The Kier molecular flexibility index (Phi) is 3.73. The van der Waals surface area contributed by atoms with E-state index in [1.807, 2.05) is 0 Å². The van der Waals surface area contributed by atoms with Crippen LogP contribution in [0.15, 0.2) is 0 Å². The van der Waals surface area contributed by atoms with Gasteiger partial charge in [0.15, 0.2) is 0 Å². The molecule has 0 amide bonds. The molecule has 0 bridgehead atoms. The zero-order chi connectivity index (χ0) is 11.5. The molecule has 2 heterocycles. The fourth-order valence-electron chi connectivity index (χ4n) is 2.15. The van der Waals surface area contributed by atoms with Gasteiger partial charge in [-0.1, -0.05) is 18.3 Å². The van der Waals surface area contributed by atoms with E-state index in [9.17, 15) is 0 Å². The Morgan fingerprint density at radius 1 is 1.44 bits per heavy atom. The molecule has 1 aliphatic heterocycles. The quantitative estimate of drug-likeness (QED) is 0.619. The van der Waals surface area contributed by atoms with Crippen molar-refractivity contribution in [1.82, 2.24) is 15.1 Å². The average molecular weight is 241 g/mol. The molecule has 1 aliphatic rings. The van der Waals surface area contributed by atoms with Gasteiger partial charge in [-0.05, 0) is 25.7 Å². The summed E-state index contributed by atoms with van der Waals surface area (Å²) in [6.45, 7) is 6.65. The van der Waals surface area contributed by atoms with Crippen molar-refractivity contribution >= 4 is 16.5 Å². The number of hydrazine groups is 1. The molecule has 1 saturated heterocycles. The lowest BCUT2D eigenvalue weighted by Crippen LogP contribution is -2.40. The summed E-state index contributed by atoms with van der Waals surface area (Å²) in [4.78, 5) is 2.48. The highest BCUT2D eigenvalue weighted by Crippen LogP contribution is 2.24. The van der Waals surface area contributed by atoms with Crippen molar-refractivity contribution in [3.63, 3.8) is 0 Å². The van der Waals surface area contributed by atoms with Crippen LogP contribution in [0.1, 0.15) is 31.7 Å². The molecule has 2 unspecified atom stereocenters. The number of anilines is 1. The first kappa shape index (κ1) is 11.8. The van der Waals surface area contributed by atoms with Gasteiger partial charge < -0.3 is 0 Å². The number of nitrogen functional groups attached to an aromatic ring is 1. The van der Waals surface area contributed by atoms with Crippen LogP contribution >= 0.6 is 11.3 Å². The van der Waals surface area contributed by atoms with Gasteiger partial charge in [0.2, 0.25) is 5.13 Å². The number of hydrogen-bond donors (Lipinski definition) is 2. The maximum Gasteiger partial charge on any atom is 0.219 e. The minimum atomic E-state index is 0.648. The van der Waals surface area contributed by atoms with E-state index in [1.54, 1.807) is 0 Å². The maximum atomic E-state index is 5.29. The van der Waals surface area contributed by atoms with Gasteiger partial charge in [0.05, 0.1) is 6.54 Å². The normalized spacial score (nSPS) is 26.9. The molecule has 16 heavy (non-hydrogen) atoms. The summed E-state index contributed by atoms with van der Waals surface area (Å²) in [5, 5.41) is 9.80. The highest BCUT2D eigenvalue weighted by atomic mass is 32.1. The van der Waals surface area contributed by atoms with Gasteiger partial charge in [-0.2, -0.15) is 0 Å². The lowest BCUT2D eigenvalue weighted by atomic mass is 9.95. The van der Waals surface area contributed by atoms with Crippen LogP contribution in [0.4, 0.5) is 5.13 Å². The molecule has 5 nitrogen and oxygen atoms in total. The van der Waals surface area contributed by atoms with Gasteiger partial charge in [0, 0.05) is 12.6 Å². The van der Waals surface area contributed by atoms with Gasteiger partial charge >= 0.3 is 0 Å². The Morgan fingerprint density at radius 3 is 2.94 bits per heavy atom. The van der Waals surface area contributed by atoms with Crippen molar-refractivity contribution in [2.45, 2.75) is 39.3 Å². The Bertz CT molecular complexity index is 340. The zero-order valence-corrected chi connectivity index (χ0v) is 10.6. The molecule has 0 aromatic carbocycles. The van der Waals surface area contributed by atoms with E-state index in [0.29, 0.717) is 11.2 Å². The molecule has 0 spiro atoms. The first-order valence-corrected chi connectivity index (χ1v) is 6.53. The molecule has 2 rings (SSSR count). The smallest absolute Gasteiger partial charge is 0.219 e. The second-order valence-corrected chi connectivity index (χ2v) is 5.67. The average Bonchev–Trinajstić information content (AvgIpc) is 2.71. The minimum Gasteiger partial charge on any atom is -0.298 e. The van der Waals surface area contributed by atoms with Crippen LogP contribution in [0.25, 0.3) is 0 Å². The molecule has 1 aromatic rings. The lowest BCUT2D eigenvalue weighted by molar-refractivity contribution is 0.117. The summed E-state index contributed by atoms with van der Waals surface area (Å²) in [6, 6.07) is 0.648. The van der Waals surface area contributed by atoms with Crippen molar-refractivity contribution in [1.29, 1.82) is 0 Å². The molecule has 6 heteroatoms. The van der Waals surface area contributed by atoms with Crippen molar-refractivity contribution < 1.29 is 0 Å². The zero-order valence-electron chi connectivity index (χ0n) is 9.81. The van der Waals surface area contributed by atoms with Gasteiger partial charge in [-0.15, -0.1) is 10.2 Å². The van der Waals surface area contributed by atoms with Gasteiger partial charge in [-0.3, -0.25) is 10.3 Å². The summed E-state index contributed by atoms with van der Waals surface area (Å²) >= 11 is 1.53. The van der Waals surface area contributed by atoms with Crippen molar-refractivity contribution in [2.24, 2.45) is 11.8 Å². The predicted octanol–water partition coefficient (Wildman–Crippen LogP) is 1.44. The molecule has 1 fully saturated rings. The third kappa shape index (κ3) is 2.69. The van der Waals surface area contributed by atoms with Gasteiger partial charge in [0.25, 0.3) is 0 Å². The fraction of sp³-hybridized carbons (Fsp3) is 0.800. The standard InChI is InChI=1S/C10H19N5S/c1-7-3-4-8(2)15(5-7)6-9-13-14-10(12-11)16-9/h7-8H,3-6,11H2,1-2H3,(H,12,14). The molecule has 90 valence electrons. The monoisotopic (exact) mass is 241 g/mol. The summed E-state index contributed by atoms with van der Waals surface area (Å²) in [7, 11) is 0. The highest BCUT2D eigenvalue weighted by molar-refractivity contribution is 7.15. The van der Waals surface area contributed by atoms with Crippen LogP contribution in [0.3, 0.4) is 0 Å². The van der Waals surface area contributed by atoms with Crippen LogP contribution in [-0.2, 0) is 6.54 Å². The molecule has 0 saturated carbocycles. The lowest BCUT2D eigenvalue weighted by Gasteiger charge is -2.35. The number of aromatic nitrogens is 2. The first-order chi connectivity index (χ1) is 7.69. The van der Waals surface area contributed by atoms with Gasteiger partial charge in [0.1, 0.15) is 5.01 Å². The molecular weight excluding hydrogens is 222 g/mol. The molecule has 1 aromatic heterocycles. The second kappa shape index (κ2) is 5.07. The number of rotatable bonds is 3. The molecule has 0 aliphatic carbocycles. The molecular formula is C10H19N5S. The van der Waals surface area contributed by atoms with Crippen LogP contribution in [0.5, 0.6) is 0 Å². The predicted molar refractivity (Wildman–Crippen MR) is 66.0 cm³/mol. The van der Waals surface area contributed by atoms with E-state index in [-0.39, 0.29) is 0 Å². The molecule has 2 atom stereocenters. The third-order valence-corrected chi connectivity index (χ3v) is 4.01. The summed E-state index contributed by atoms with van der Waals surface area (Å²) in [5.74, 6) is 6.08. The fourth-order valence-corrected chi connectivity index (χ4v) is 2.83. The summed E-state index contributed by atoms with van der Waals surface area (Å²) in [5.41, 5.74) is 2.53. The number of nitrogens with zero attached hydrogens (tertiary/aromatic N) is 3. The Balaban J connectivity index is 1.97. The van der Waals surface area contributed by atoms with Crippen molar-refractivity contribution in [3.05, 3.63) is 5.01 Å². The number of piperidine rings is 1. The number of nitrogens with two attached hydrogens (primary N) is 1. The van der Waals surface area contributed by atoms with Crippen LogP contribution in [-0.4, -0.2) is 27.7 Å². The topological polar surface area (TPSA) is 67.1 Å². The number of hydrogen-bond acceptors (Lipinski definition) is 6. The van der Waals surface area contributed by atoms with Crippen LogP contribution < -0.4 is 11.3 Å². The Hall–Kier alpha value is -0.720. The summed E-state index contributed by atoms with van der Waals surface area (Å²) in [6.07, 6.45) is 2.62. The van der Waals surface area contributed by atoms with E-state index >= 15 is 0 Å². The van der Waals surface area contributed by atoms with E-state index in [1.165, 1.54) is 24.2 Å². The highest BCUT2D eigenvalue weighted by Gasteiger charge is 2.23. The number of likely N-dealkylation sites (tertiary alicyclic amines) is 1. The van der Waals surface area contributed by atoms with Crippen molar-refractivity contribution in [3.8, 4) is 0 Å². The van der Waals surface area contributed by atoms with E-state index in [0.717, 1.165) is 24.0 Å². The van der Waals surface area contributed by atoms with E-state index in [2.05, 4.69) is 34.4 Å². The molecule has 0 radical (unpaired) electrons. The summed E-state index contributed by atoms with van der Waals surface area (Å²) < 4.78 is 0. The SMILES string of the molecule is CC1CCC(C)N(Cc2nnc(NN)s2)C1. The van der Waals surface area contributed by atoms with Crippen LogP contribution in [0.2, 0.25) is 0 Å². The Labute approximate surface area is 100 Å². The van der Waals surface area contributed by atoms with E-state index in [4.69, 9.17) is 5.84 Å². The second-order valence-electron chi connectivity index (χ2n) is 4.61. The molecule has 3 N–H and O–H groups in total. The largest absolute Gasteiger partial charge is 0.298 e.